The SMILES string of the molecule is CCn1nc(C)nc1[C@H]1OCC(=O)N(C2CC2)[C@@H]1c1ccc(OC)cc1. The molecule has 2 atom stereocenters. The number of hydrogen-bond donors (Lipinski definition) is 0. The third-order valence-electron chi connectivity index (χ3n) is 5.02. The molecular formula is C19H24N4O3. The number of amides is 1. The first kappa shape index (κ1) is 17.0. The number of morpholine rings is 1. The molecule has 0 N–H and O–H groups in total. The van der Waals surface area contributed by atoms with Crippen molar-refractivity contribution in [1.82, 2.24) is 19.7 Å². The van der Waals surface area contributed by atoms with Crippen LogP contribution in [-0.2, 0) is 16.1 Å². The van der Waals surface area contributed by atoms with Crippen molar-refractivity contribution in [2.45, 2.75) is 51.4 Å². The number of aryl methyl sites for hydroxylation is 2. The van der Waals surface area contributed by atoms with Gasteiger partial charge in [-0.3, -0.25) is 4.79 Å². The summed E-state index contributed by atoms with van der Waals surface area (Å²) in [6.45, 7) is 4.71. The van der Waals surface area contributed by atoms with Crippen LogP contribution in [0.5, 0.6) is 5.75 Å². The Morgan fingerprint density at radius 1 is 1.27 bits per heavy atom. The highest BCUT2D eigenvalue weighted by Crippen LogP contribution is 2.45. The van der Waals surface area contributed by atoms with Gasteiger partial charge >= 0.3 is 0 Å². The maximum atomic E-state index is 12.7. The fraction of sp³-hybridized carbons (Fsp3) is 0.526. The monoisotopic (exact) mass is 356 g/mol. The summed E-state index contributed by atoms with van der Waals surface area (Å²) in [6.07, 6.45) is 1.76. The molecule has 7 heteroatoms. The van der Waals surface area contributed by atoms with Crippen molar-refractivity contribution in [3.63, 3.8) is 0 Å². The van der Waals surface area contributed by atoms with Crippen LogP contribution in [0.2, 0.25) is 0 Å². The first-order valence-corrected chi connectivity index (χ1v) is 9.10. The molecule has 1 amide bonds. The number of hydrogen-bond acceptors (Lipinski definition) is 5. The Balaban J connectivity index is 1.78. The molecule has 0 spiro atoms. The number of aromatic nitrogens is 3. The summed E-state index contributed by atoms with van der Waals surface area (Å²) >= 11 is 0. The van der Waals surface area contributed by atoms with Gasteiger partial charge in [0.25, 0.3) is 0 Å². The van der Waals surface area contributed by atoms with E-state index < -0.39 is 0 Å². The number of carbonyl (C=O) groups is 1. The van der Waals surface area contributed by atoms with Crippen molar-refractivity contribution in [3.05, 3.63) is 41.5 Å². The van der Waals surface area contributed by atoms with E-state index in [-0.39, 0.29) is 24.7 Å². The minimum Gasteiger partial charge on any atom is -0.497 e. The topological polar surface area (TPSA) is 69.5 Å². The predicted octanol–water partition coefficient (Wildman–Crippen LogP) is 2.42. The summed E-state index contributed by atoms with van der Waals surface area (Å²) in [7, 11) is 1.65. The van der Waals surface area contributed by atoms with Gasteiger partial charge in [-0.25, -0.2) is 9.67 Å². The normalized spacial score (nSPS) is 23.3. The zero-order valence-corrected chi connectivity index (χ0v) is 15.4. The lowest BCUT2D eigenvalue weighted by atomic mass is 9.96. The Labute approximate surface area is 152 Å². The molecule has 4 rings (SSSR count). The number of rotatable bonds is 5. The predicted molar refractivity (Wildman–Crippen MR) is 94.7 cm³/mol. The standard InChI is InChI=1S/C19H24N4O3/c1-4-22-19(20-12(2)21-22)18-17(13-5-9-15(25-3)10-6-13)23(14-7-8-14)16(24)11-26-18/h5-6,9-10,14,17-18H,4,7-8,11H2,1-3H3/t17-,18+/m1/s1. The van der Waals surface area contributed by atoms with Crippen molar-refractivity contribution < 1.29 is 14.3 Å². The maximum Gasteiger partial charge on any atom is 0.249 e. The van der Waals surface area contributed by atoms with Gasteiger partial charge in [0.1, 0.15) is 24.3 Å². The van der Waals surface area contributed by atoms with Gasteiger partial charge in [0.05, 0.1) is 13.2 Å². The Bertz CT molecular complexity index is 798. The Morgan fingerprint density at radius 2 is 2.00 bits per heavy atom. The second kappa shape index (κ2) is 6.72. The van der Waals surface area contributed by atoms with E-state index in [2.05, 4.69) is 10.1 Å². The van der Waals surface area contributed by atoms with Crippen LogP contribution in [0.3, 0.4) is 0 Å². The molecule has 2 fully saturated rings. The Hall–Kier alpha value is -2.41. The van der Waals surface area contributed by atoms with Crippen molar-refractivity contribution >= 4 is 5.91 Å². The second-order valence-corrected chi connectivity index (χ2v) is 6.81. The molecule has 1 aromatic heterocycles. The Kier molecular flexibility index (Phi) is 4.40. The molecule has 0 unspecified atom stereocenters. The summed E-state index contributed by atoms with van der Waals surface area (Å²) in [5.41, 5.74) is 1.03. The molecule has 7 nitrogen and oxygen atoms in total. The van der Waals surface area contributed by atoms with Gasteiger partial charge in [-0.05, 0) is 44.4 Å². The second-order valence-electron chi connectivity index (χ2n) is 6.81. The average molecular weight is 356 g/mol. The lowest BCUT2D eigenvalue weighted by Crippen LogP contribution is -2.47. The van der Waals surface area contributed by atoms with Crippen LogP contribution in [0.1, 0.15) is 49.1 Å². The highest BCUT2D eigenvalue weighted by molar-refractivity contribution is 5.79. The van der Waals surface area contributed by atoms with Gasteiger partial charge in [0.15, 0.2) is 5.82 Å². The van der Waals surface area contributed by atoms with Gasteiger partial charge in [-0.1, -0.05) is 12.1 Å². The van der Waals surface area contributed by atoms with Crippen LogP contribution in [0.15, 0.2) is 24.3 Å². The van der Waals surface area contributed by atoms with E-state index in [9.17, 15) is 4.79 Å². The van der Waals surface area contributed by atoms with E-state index in [0.717, 1.165) is 30.0 Å². The van der Waals surface area contributed by atoms with Crippen molar-refractivity contribution in [3.8, 4) is 5.75 Å². The molecule has 0 bridgehead atoms. The summed E-state index contributed by atoms with van der Waals surface area (Å²) < 4.78 is 13.2. The van der Waals surface area contributed by atoms with Gasteiger partial charge in [0, 0.05) is 12.6 Å². The summed E-state index contributed by atoms with van der Waals surface area (Å²) in [4.78, 5) is 19.3. The minimum absolute atomic E-state index is 0.0452. The van der Waals surface area contributed by atoms with E-state index in [0.29, 0.717) is 18.4 Å². The molecule has 1 aliphatic heterocycles. The zero-order valence-electron chi connectivity index (χ0n) is 15.4. The number of carbonyl (C=O) groups excluding carboxylic acids is 1. The van der Waals surface area contributed by atoms with Crippen LogP contribution in [0.25, 0.3) is 0 Å². The van der Waals surface area contributed by atoms with Crippen LogP contribution >= 0.6 is 0 Å². The molecule has 2 aromatic rings. The van der Waals surface area contributed by atoms with Crippen molar-refractivity contribution in [1.29, 1.82) is 0 Å². The van der Waals surface area contributed by atoms with Gasteiger partial charge < -0.3 is 14.4 Å². The average Bonchev–Trinajstić information content (AvgIpc) is 3.43. The van der Waals surface area contributed by atoms with E-state index in [1.165, 1.54) is 0 Å². The third-order valence-corrected chi connectivity index (χ3v) is 5.02. The molecule has 2 heterocycles. The molecule has 1 saturated carbocycles. The summed E-state index contributed by atoms with van der Waals surface area (Å²) in [6, 6.07) is 7.95. The largest absolute Gasteiger partial charge is 0.497 e. The number of ether oxygens (including phenoxy) is 2. The van der Waals surface area contributed by atoms with Crippen LogP contribution < -0.4 is 4.74 Å². The molecule has 26 heavy (non-hydrogen) atoms. The fourth-order valence-electron chi connectivity index (χ4n) is 3.68. The number of methoxy groups -OCH3 is 1. The molecule has 2 aliphatic rings. The van der Waals surface area contributed by atoms with Crippen molar-refractivity contribution in [2.24, 2.45) is 0 Å². The van der Waals surface area contributed by atoms with Crippen molar-refractivity contribution in [2.75, 3.05) is 13.7 Å². The van der Waals surface area contributed by atoms with Gasteiger partial charge in [-0.2, -0.15) is 5.10 Å². The van der Waals surface area contributed by atoms with E-state index in [4.69, 9.17) is 9.47 Å². The number of nitrogens with zero attached hydrogens (tertiary/aromatic N) is 4. The Morgan fingerprint density at radius 3 is 2.62 bits per heavy atom. The molecular weight excluding hydrogens is 332 g/mol. The van der Waals surface area contributed by atoms with E-state index in [1.807, 2.05) is 47.7 Å². The molecule has 0 radical (unpaired) electrons. The summed E-state index contributed by atoms with van der Waals surface area (Å²) in [5.74, 6) is 2.33. The fourth-order valence-corrected chi connectivity index (χ4v) is 3.68. The highest BCUT2D eigenvalue weighted by Gasteiger charge is 2.47. The zero-order chi connectivity index (χ0) is 18.3. The number of benzene rings is 1. The smallest absolute Gasteiger partial charge is 0.249 e. The van der Waals surface area contributed by atoms with Crippen LogP contribution in [0.4, 0.5) is 0 Å². The quantitative estimate of drug-likeness (QED) is 0.823. The first-order chi connectivity index (χ1) is 12.6. The molecule has 1 aliphatic carbocycles. The summed E-state index contributed by atoms with van der Waals surface area (Å²) in [5, 5.41) is 4.47. The van der Waals surface area contributed by atoms with Crippen LogP contribution in [-0.4, -0.2) is 45.3 Å². The highest BCUT2D eigenvalue weighted by atomic mass is 16.5. The lowest BCUT2D eigenvalue weighted by molar-refractivity contribution is -0.160. The van der Waals surface area contributed by atoms with Gasteiger partial charge in [-0.15, -0.1) is 0 Å². The van der Waals surface area contributed by atoms with E-state index >= 15 is 0 Å². The maximum absolute atomic E-state index is 12.7. The van der Waals surface area contributed by atoms with Gasteiger partial charge in [0.2, 0.25) is 5.91 Å². The molecule has 1 aromatic carbocycles. The third kappa shape index (κ3) is 2.96. The lowest BCUT2D eigenvalue weighted by Gasteiger charge is -2.41. The molecule has 1 saturated heterocycles. The molecule has 138 valence electrons. The van der Waals surface area contributed by atoms with Crippen LogP contribution in [0, 0.1) is 6.92 Å². The minimum atomic E-state index is -0.331. The first-order valence-electron chi connectivity index (χ1n) is 9.10. The van der Waals surface area contributed by atoms with E-state index in [1.54, 1.807) is 7.11 Å².